The van der Waals surface area contributed by atoms with Crippen LogP contribution in [0, 0.1) is 0 Å². The molecule has 0 aromatic heterocycles. The molecule has 1 aliphatic heterocycles. The van der Waals surface area contributed by atoms with Crippen molar-refractivity contribution in [2.24, 2.45) is 0 Å². The van der Waals surface area contributed by atoms with Crippen LogP contribution in [0.3, 0.4) is 0 Å². The first kappa shape index (κ1) is 6.67. The lowest BCUT2D eigenvalue weighted by Crippen LogP contribution is -2.52. The molecule has 0 bridgehead atoms. The fraction of sp³-hybridized carbons (Fsp3) is 0.455. The smallest absolute Gasteiger partial charge is 0.0452 e. The molecule has 1 aliphatic carbocycles. The van der Waals surface area contributed by atoms with Crippen molar-refractivity contribution < 1.29 is 0 Å². The highest BCUT2D eigenvalue weighted by Crippen LogP contribution is 2.42. The Bertz CT molecular complexity index is 313. The van der Waals surface area contributed by atoms with Gasteiger partial charge in [0.25, 0.3) is 0 Å². The Morgan fingerprint density at radius 3 is 2.75 bits per heavy atom. The van der Waals surface area contributed by atoms with Gasteiger partial charge in [-0.15, -0.1) is 0 Å². The van der Waals surface area contributed by atoms with Crippen LogP contribution in [0.4, 0.5) is 0 Å². The second-order valence-electron chi connectivity index (χ2n) is 3.92. The van der Waals surface area contributed by atoms with Gasteiger partial charge in [0.2, 0.25) is 0 Å². The molecule has 0 radical (unpaired) electrons. The third-order valence-electron chi connectivity index (χ3n) is 3.37. The van der Waals surface area contributed by atoms with E-state index in [2.05, 4.69) is 29.6 Å². The summed E-state index contributed by atoms with van der Waals surface area (Å²) in [6.45, 7) is 1.20. The van der Waals surface area contributed by atoms with Gasteiger partial charge in [0.15, 0.2) is 0 Å². The number of rotatable bonds is 0. The maximum absolute atomic E-state index is 3.58. The maximum Gasteiger partial charge on any atom is 0.0452 e. The van der Waals surface area contributed by atoms with Gasteiger partial charge in [-0.2, -0.15) is 0 Å². The van der Waals surface area contributed by atoms with Gasteiger partial charge in [0.05, 0.1) is 0 Å². The van der Waals surface area contributed by atoms with Gasteiger partial charge < -0.3 is 5.32 Å². The SMILES string of the molecule is c1ccc2c(c1)CC[C@@]21CCN1. The molecule has 1 nitrogen and oxygen atoms in total. The van der Waals surface area contributed by atoms with Crippen molar-refractivity contribution in [2.45, 2.75) is 24.8 Å². The van der Waals surface area contributed by atoms with Crippen molar-refractivity contribution >= 4 is 0 Å². The normalized spacial score (nSPS) is 31.7. The van der Waals surface area contributed by atoms with Crippen LogP contribution in [0.25, 0.3) is 0 Å². The average molecular weight is 159 g/mol. The molecule has 0 unspecified atom stereocenters. The second kappa shape index (κ2) is 2.11. The third kappa shape index (κ3) is 0.674. The van der Waals surface area contributed by atoms with E-state index in [-0.39, 0.29) is 0 Å². The number of fused-ring (bicyclic) bond motifs is 2. The summed E-state index contributed by atoms with van der Waals surface area (Å²) in [5, 5.41) is 3.58. The molecule has 1 saturated heterocycles. The van der Waals surface area contributed by atoms with Gasteiger partial charge in [-0.3, -0.25) is 0 Å². The molecule has 1 heterocycles. The Labute approximate surface area is 72.8 Å². The molecular weight excluding hydrogens is 146 g/mol. The second-order valence-corrected chi connectivity index (χ2v) is 3.92. The van der Waals surface area contributed by atoms with Crippen molar-refractivity contribution in [3.63, 3.8) is 0 Å². The van der Waals surface area contributed by atoms with Gasteiger partial charge in [0, 0.05) is 5.54 Å². The monoisotopic (exact) mass is 159 g/mol. The van der Waals surface area contributed by atoms with Crippen molar-refractivity contribution in [2.75, 3.05) is 6.54 Å². The molecule has 3 rings (SSSR count). The molecule has 1 heteroatoms. The van der Waals surface area contributed by atoms with Crippen LogP contribution in [0.15, 0.2) is 24.3 Å². The molecule has 1 N–H and O–H groups in total. The highest BCUT2D eigenvalue weighted by atomic mass is 15.1. The molecule has 1 aromatic rings. The van der Waals surface area contributed by atoms with Crippen molar-refractivity contribution in [3.8, 4) is 0 Å². The zero-order valence-electron chi connectivity index (χ0n) is 7.14. The van der Waals surface area contributed by atoms with E-state index in [1.807, 2.05) is 0 Å². The zero-order valence-corrected chi connectivity index (χ0v) is 7.14. The van der Waals surface area contributed by atoms with Crippen molar-refractivity contribution in [1.82, 2.24) is 5.32 Å². The predicted octanol–water partition coefficient (Wildman–Crippen LogP) is 1.82. The largest absolute Gasteiger partial charge is 0.307 e. The van der Waals surface area contributed by atoms with E-state index in [0.717, 1.165) is 0 Å². The predicted molar refractivity (Wildman–Crippen MR) is 49.1 cm³/mol. The molecule has 1 spiro atoms. The Hall–Kier alpha value is -0.820. The lowest BCUT2D eigenvalue weighted by Gasteiger charge is -2.41. The van der Waals surface area contributed by atoms with Gasteiger partial charge in [-0.05, 0) is 36.9 Å². The lowest BCUT2D eigenvalue weighted by atomic mass is 9.82. The summed E-state index contributed by atoms with van der Waals surface area (Å²) in [4.78, 5) is 0. The van der Waals surface area contributed by atoms with E-state index in [4.69, 9.17) is 0 Å². The Morgan fingerprint density at radius 2 is 2.00 bits per heavy atom. The molecular formula is C11H13N. The molecule has 0 saturated carbocycles. The van der Waals surface area contributed by atoms with Gasteiger partial charge in [0.1, 0.15) is 0 Å². The molecule has 12 heavy (non-hydrogen) atoms. The van der Waals surface area contributed by atoms with Crippen LogP contribution >= 0.6 is 0 Å². The highest BCUT2D eigenvalue weighted by molar-refractivity contribution is 5.40. The van der Waals surface area contributed by atoms with Crippen LogP contribution < -0.4 is 5.32 Å². The number of benzene rings is 1. The van der Waals surface area contributed by atoms with Crippen molar-refractivity contribution in [1.29, 1.82) is 0 Å². The molecule has 62 valence electrons. The summed E-state index contributed by atoms with van der Waals surface area (Å²) in [5.74, 6) is 0. The van der Waals surface area contributed by atoms with Crippen LogP contribution in [-0.4, -0.2) is 6.54 Å². The number of aryl methyl sites for hydroxylation is 1. The Kier molecular flexibility index (Phi) is 1.17. The number of hydrogen-bond acceptors (Lipinski definition) is 1. The molecule has 2 aliphatic rings. The van der Waals surface area contributed by atoms with E-state index in [9.17, 15) is 0 Å². The van der Waals surface area contributed by atoms with Crippen LogP contribution in [0.5, 0.6) is 0 Å². The quantitative estimate of drug-likeness (QED) is 0.609. The first-order valence-electron chi connectivity index (χ1n) is 4.74. The van der Waals surface area contributed by atoms with E-state index in [0.29, 0.717) is 5.54 Å². The Balaban J connectivity index is 2.13. The van der Waals surface area contributed by atoms with Gasteiger partial charge in [-0.25, -0.2) is 0 Å². The summed E-state index contributed by atoms with van der Waals surface area (Å²) < 4.78 is 0. The topological polar surface area (TPSA) is 12.0 Å². The molecule has 0 amide bonds. The molecule has 1 atom stereocenters. The average Bonchev–Trinajstić information content (AvgIpc) is 2.42. The molecule has 1 aromatic carbocycles. The minimum atomic E-state index is 0.399. The fourth-order valence-electron chi connectivity index (χ4n) is 2.56. The summed E-state index contributed by atoms with van der Waals surface area (Å²) >= 11 is 0. The van der Waals surface area contributed by atoms with Crippen LogP contribution in [0.2, 0.25) is 0 Å². The lowest BCUT2D eigenvalue weighted by molar-refractivity contribution is 0.210. The van der Waals surface area contributed by atoms with E-state index in [1.165, 1.54) is 25.8 Å². The summed E-state index contributed by atoms with van der Waals surface area (Å²) in [6, 6.07) is 8.86. The number of nitrogens with one attached hydrogen (secondary N) is 1. The minimum Gasteiger partial charge on any atom is -0.307 e. The Morgan fingerprint density at radius 1 is 1.17 bits per heavy atom. The first-order valence-corrected chi connectivity index (χ1v) is 4.74. The van der Waals surface area contributed by atoms with E-state index >= 15 is 0 Å². The standard InChI is InChI=1S/C11H13N/c1-2-4-10-9(3-1)5-6-11(10)7-8-12-11/h1-4,12H,5-8H2/t11-/m1/s1. The summed E-state index contributed by atoms with van der Waals surface area (Å²) in [5.41, 5.74) is 3.53. The summed E-state index contributed by atoms with van der Waals surface area (Å²) in [6.07, 6.45) is 3.92. The molecule has 1 fully saturated rings. The van der Waals surface area contributed by atoms with Gasteiger partial charge >= 0.3 is 0 Å². The summed E-state index contributed by atoms with van der Waals surface area (Å²) in [7, 11) is 0. The van der Waals surface area contributed by atoms with E-state index in [1.54, 1.807) is 11.1 Å². The maximum atomic E-state index is 3.58. The number of hydrogen-bond donors (Lipinski definition) is 1. The van der Waals surface area contributed by atoms with E-state index < -0.39 is 0 Å². The van der Waals surface area contributed by atoms with Crippen LogP contribution in [0.1, 0.15) is 24.0 Å². The van der Waals surface area contributed by atoms with Gasteiger partial charge in [-0.1, -0.05) is 24.3 Å². The van der Waals surface area contributed by atoms with Crippen LogP contribution in [-0.2, 0) is 12.0 Å². The third-order valence-corrected chi connectivity index (χ3v) is 3.37. The minimum absolute atomic E-state index is 0.399. The fourth-order valence-corrected chi connectivity index (χ4v) is 2.56. The first-order chi connectivity index (χ1) is 5.91. The van der Waals surface area contributed by atoms with Crippen molar-refractivity contribution in [3.05, 3.63) is 35.4 Å². The zero-order chi connectivity index (χ0) is 8.02. The highest BCUT2D eigenvalue weighted by Gasteiger charge is 2.42.